The summed E-state index contributed by atoms with van der Waals surface area (Å²) in [5.41, 5.74) is 8.15. The van der Waals surface area contributed by atoms with Crippen LogP contribution in [0.5, 0.6) is 0 Å². The monoisotopic (exact) mass is 365 g/mol. The van der Waals surface area contributed by atoms with Crippen LogP contribution in [0.3, 0.4) is 0 Å². The van der Waals surface area contributed by atoms with Crippen LogP contribution in [0.4, 0.5) is 5.95 Å². The third-order valence-corrected chi connectivity index (χ3v) is 5.72. The van der Waals surface area contributed by atoms with E-state index in [-0.39, 0.29) is 10.8 Å². The van der Waals surface area contributed by atoms with Crippen molar-refractivity contribution in [3.05, 3.63) is 66.6 Å². The van der Waals surface area contributed by atoms with E-state index >= 15 is 0 Å². The summed E-state index contributed by atoms with van der Waals surface area (Å²) in [7, 11) is -3.80. The van der Waals surface area contributed by atoms with E-state index in [9.17, 15) is 8.42 Å². The largest absolute Gasteiger partial charge is 0.368 e. The zero-order chi connectivity index (χ0) is 18.3. The molecule has 130 valence electrons. The molecule has 3 aromatic heterocycles. The van der Waals surface area contributed by atoms with Crippen LogP contribution < -0.4 is 5.73 Å². The summed E-state index contributed by atoms with van der Waals surface area (Å²) in [6.45, 7) is 1.90. The Balaban J connectivity index is 1.98. The molecule has 2 N–H and O–H groups in total. The second kappa shape index (κ2) is 5.92. The number of nitrogens with two attached hydrogens (primary N) is 1. The highest BCUT2D eigenvalue weighted by molar-refractivity contribution is 7.90. The average Bonchev–Trinajstić information content (AvgIpc) is 3.03. The SMILES string of the molecule is Cc1ccc(S(=O)(=O)n2cc(-c3ccnc(N)n3)c3cccnc32)cc1. The molecular formula is C18H15N5O2S. The van der Waals surface area contributed by atoms with E-state index in [1.54, 1.807) is 48.7 Å². The van der Waals surface area contributed by atoms with Gasteiger partial charge in [-0.25, -0.2) is 27.3 Å². The van der Waals surface area contributed by atoms with E-state index in [0.717, 1.165) is 5.56 Å². The molecule has 3 heterocycles. The van der Waals surface area contributed by atoms with Crippen molar-refractivity contribution in [3.8, 4) is 11.3 Å². The van der Waals surface area contributed by atoms with E-state index in [0.29, 0.717) is 22.3 Å². The van der Waals surface area contributed by atoms with Gasteiger partial charge in [-0.3, -0.25) is 0 Å². The summed E-state index contributed by atoms with van der Waals surface area (Å²) in [6, 6.07) is 11.9. The lowest BCUT2D eigenvalue weighted by Crippen LogP contribution is -2.12. The molecule has 0 saturated heterocycles. The number of pyridine rings is 1. The fraction of sp³-hybridized carbons (Fsp3) is 0.0556. The van der Waals surface area contributed by atoms with Crippen LogP contribution in [-0.4, -0.2) is 27.3 Å². The van der Waals surface area contributed by atoms with Crippen LogP contribution >= 0.6 is 0 Å². The van der Waals surface area contributed by atoms with E-state index in [1.807, 2.05) is 6.92 Å². The summed E-state index contributed by atoms with van der Waals surface area (Å²) in [6.07, 6.45) is 4.61. The highest BCUT2D eigenvalue weighted by Crippen LogP contribution is 2.31. The van der Waals surface area contributed by atoms with Crippen molar-refractivity contribution in [2.45, 2.75) is 11.8 Å². The van der Waals surface area contributed by atoms with Gasteiger partial charge in [0.1, 0.15) is 0 Å². The van der Waals surface area contributed by atoms with Crippen LogP contribution in [-0.2, 0) is 10.0 Å². The Bertz CT molecular complexity index is 1210. The number of hydrogen-bond acceptors (Lipinski definition) is 6. The number of fused-ring (bicyclic) bond motifs is 1. The Morgan fingerprint density at radius 2 is 1.77 bits per heavy atom. The van der Waals surface area contributed by atoms with Crippen LogP contribution in [0.1, 0.15) is 5.56 Å². The molecule has 0 amide bonds. The second-order valence-corrected chi connectivity index (χ2v) is 7.65. The molecule has 0 aliphatic heterocycles. The highest BCUT2D eigenvalue weighted by Gasteiger charge is 2.23. The molecule has 4 rings (SSSR count). The van der Waals surface area contributed by atoms with Crippen LogP contribution in [0.2, 0.25) is 0 Å². The third-order valence-electron chi connectivity index (χ3n) is 4.06. The lowest BCUT2D eigenvalue weighted by atomic mass is 10.1. The van der Waals surface area contributed by atoms with Gasteiger partial charge in [0, 0.05) is 29.5 Å². The van der Waals surface area contributed by atoms with Gasteiger partial charge in [0.05, 0.1) is 10.6 Å². The van der Waals surface area contributed by atoms with Gasteiger partial charge in [0.25, 0.3) is 10.0 Å². The quantitative estimate of drug-likeness (QED) is 0.598. The molecule has 0 spiro atoms. The zero-order valence-corrected chi connectivity index (χ0v) is 14.7. The summed E-state index contributed by atoms with van der Waals surface area (Å²) >= 11 is 0. The molecule has 26 heavy (non-hydrogen) atoms. The standard InChI is InChI=1S/C18H15N5O2S/c1-12-4-6-13(7-5-12)26(24,25)23-11-15(14-3-2-9-20-17(14)23)16-8-10-21-18(19)22-16/h2-11H,1H3,(H2,19,21,22). The van der Waals surface area contributed by atoms with Gasteiger partial charge in [0.15, 0.2) is 5.65 Å². The molecule has 7 nitrogen and oxygen atoms in total. The molecule has 1 aromatic carbocycles. The van der Waals surface area contributed by atoms with E-state index in [2.05, 4.69) is 15.0 Å². The number of nitrogens with zero attached hydrogens (tertiary/aromatic N) is 4. The fourth-order valence-corrected chi connectivity index (χ4v) is 4.09. The summed E-state index contributed by atoms with van der Waals surface area (Å²) in [4.78, 5) is 12.5. The van der Waals surface area contributed by atoms with Crippen molar-refractivity contribution in [1.29, 1.82) is 0 Å². The van der Waals surface area contributed by atoms with Gasteiger partial charge >= 0.3 is 0 Å². The number of rotatable bonds is 3. The number of benzene rings is 1. The van der Waals surface area contributed by atoms with Crippen LogP contribution in [0.25, 0.3) is 22.3 Å². The highest BCUT2D eigenvalue weighted by atomic mass is 32.2. The van der Waals surface area contributed by atoms with Crippen molar-refractivity contribution in [2.24, 2.45) is 0 Å². The first-order valence-electron chi connectivity index (χ1n) is 7.84. The Labute approximate surface area is 150 Å². The molecule has 0 unspecified atom stereocenters. The topological polar surface area (TPSA) is 104 Å². The molecule has 0 radical (unpaired) electrons. The number of nitrogen functional groups attached to an aromatic ring is 1. The maximum atomic E-state index is 13.1. The van der Waals surface area contributed by atoms with E-state index in [1.165, 1.54) is 16.4 Å². The molecular weight excluding hydrogens is 350 g/mol. The molecule has 0 atom stereocenters. The lowest BCUT2D eigenvalue weighted by Gasteiger charge is -2.07. The predicted octanol–water partition coefficient (Wildman–Crippen LogP) is 2.62. The number of hydrogen-bond donors (Lipinski definition) is 1. The van der Waals surface area contributed by atoms with Gasteiger partial charge in [-0.05, 0) is 37.3 Å². The van der Waals surface area contributed by atoms with Gasteiger partial charge in [-0.15, -0.1) is 0 Å². The molecule has 0 aliphatic carbocycles. The maximum absolute atomic E-state index is 13.1. The van der Waals surface area contributed by atoms with Crippen molar-refractivity contribution in [2.75, 3.05) is 5.73 Å². The first-order valence-corrected chi connectivity index (χ1v) is 9.28. The minimum absolute atomic E-state index is 0.119. The number of anilines is 1. The fourth-order valence-electron chi connectivity index (χ4n) is 2.77. The molecule has 0 fully saturated rings. The Morgan fingerprint density at radius 3 is 2.50 bits per heavy atom. The van der Waals surface area contributed by atoms with Gasteiger partial charge in [-0.1, -0.05) is 17.7 Å². The average molecular weight is 365 g/mol. The third kappa shape index (κ3) is 2.60. The normalized spacial score (nSPS) is 11.7. The first-order chi connectivity index (χ1) is 12.5. The van der Waals surface area contributed by atoms with Crippen LogP contribution in [0.15, 0.2) is 66.0 Å². The maximum Gasteiger partial charge on any atom is 0.269 e. The molecule has 0 aliphatic rings. The van der Waals surface area contributed by atoms with Crippen LogP contribution in [0, 0.1) is 6.92 Å². The first kappa shape index (κ1) is 16.2. The predicted molar refractivity (Wildman–Crippen MR) is 98.9 cm³/mol. The van der Waals surface area contributed by atoms with E-state index < -0.39 is 10.0 Å². The minimum Gasteiger partial charge on any atom is -0.368 e. The lowest BCUT2D eigenvalue weighted by molar-refractivity contribution is 0.589. The minimum atomic E-state index is -3.80. The van der Waals surface area contributed by atoms with Crippen molar-refractivity contribution in [1.82, 2.24) is 18.9 Å². The zero-order valence-electron chi connectivity index (χ0n) is 13.9. The molecule has 4 aromatic rings. The summed E-state index contributed by atoms with van der Waals surface area (Å²) < 4.78 is 27.5. The number of aromatic nitrogens is 4. The van der Waals surface area contributed by atoms with E-state index in [4.69, 9.17) is 5.73 Å². The Morgan fingerprint density at radius 1 is 1.00 bits per heavy atom. The summed E-state index contributed by atoms with van der Waals surface area (Å²) in [5.74, 6) is 0.119. The summed E-state index contributed by atoms with van der Waals surface area (Å²) in [5, 5.41) is 0.668. The van der Waals surface area contributed by atoms with Crippen molar-refractivity contribution < 1.29 is 8.42 Å². The smallest absolute Gasteiger partial charge is 0.269 e. The number of aryl methyl sites for hydroxylation is 1. The second-order valence-electron chi connectivity index (χ2n) is 5.83. The Hall–Kier alpha value is -3.26. The molecule has 8 heteroatoms. The van der Waals surface area contributed by atoms with Gasteiger partial charge < -0.3 is 5.73 Å². The van der Waals surface area contributed by atoms with Crippen molar-refractivity contribution >= 4 is 27.0 Å². The Kier molecular flexibility index (Phi) is 3.69. The van der Waals surface area contributed by atoms with Crippen molar-refractivity contribution in [3.63, 3.8) is 0 Å². The van der Waals surface area contributed by atoms with Gasteiger partial charge in [-0.2, -0.15) is 0 Å². The molecule has 0 bridgehead atoms. The van der Waals surface area contributed by atoms with Gasteiger partial charge in [0.2, 0.25) is 5.95 Å². The molecule has 0 saturated carbocycles.